The SMILES string of the molecule is C=N/C=C1/C=CS/C1=N/CN1CCN(C)CC1. The number of thioether (sulfide) groups is 1. The number of piperazine rings is 1. The Labute approximate surface area is 107 Å². The summed E-state index contributed by atoms with van der Waals surface area (Å²) in [6, 6.07) is 0. The van der Waals surface area contributed by atoms with Crippen LogP contribution >= 0.6 is 11.8 Å². The van der Waals surface area contributed by atoms with E-state index in [4.69, 9.17) is 0 Å². The Hall–Kier alpha value is -0.910. The van der Waals surface area contributed by atoms with Crippen molar-refractivity contribution < 1.29 is 0 Å². The Morgan fingerprint density at radius 1 is 1.41 bits per heavy atom. The van der Waals surface area contributed by atoms with E-state index in [0.29, 0.717) is 0 Å². The lowest BCUT2D eigenvalue weighted by molar-refractivity contribution is 0.158. The number of hydrogen-bond acceptors (Lipinski definition) is 5. The second-order valence-electron chi connectivity index (χ2n) is 4.21. The Morgan fingerprint density at radius 3 is 2.88 bits per heavy atom. The Kier molecular flexibility index (Phi) is 4.53. The number of aliphatic imine (C=N–C) groups is 2. The van der Waals surface area contributed by atoms with Crippen LogP contribution in [-0.2, 0) is 0 Å². The molecule has 4 nitrogen and oxygen atoms in total. The molecule has 92 valence electrons. The summed E-state index contributed by atoms with van der Waals surface area (Å²) in [4.78, 5) is 13.2. The van der Waals surface area contributed by atoms with E-state index in [1.54, 1.807) is 18.0 Å². The minimum absolute atomic E-state index is 0.784. The van der Waals surface area contributed by atoms with Crippen molar-refractivity contribution in [1.29, 1.82) is 0 Å². The van der Waals surface area contributed by atoms with Gasteiger partial charge in [0.2, 0.25) is 0 Å². The molecular formula is C12H18N4S. The van der Waals surface area contributed by atoms with E-state index in [1.165, 1.54) is 0 Å². The molecular weight excluding hydrogens is 232 g/mol. The summed E-state index contributed by atoms with van der Waals surface area (Å²) in [5, 5.41) is 3.09. The lowest BCUT2D eigenvalue weighted by Crippen LogP contribution is -2.44. The van der Waals surface area contributed by atoms with Crippen LogP contribution in [0, 0.1) is 0 Å². The summed E-state index contributed by atoms with van der Waals surface area (Å²) in [6.45, 7) is 8.73. The van der Waals surface area contributed by atoms with E-state index in [-0.39, 0.29) is 0 Å². The summed E-state index contributed by atoms with van der Waals surface area (Å²) < 4.78 is 0. The predicted molar refractivity (Wildman–Crippen MR) is 75.7 cm³/mol. The monoisotopic (exact) mass is 250 g/mol. The number of nitrogens with zero attached hydrogens (tertiary/aromatic N) is 4. The number of rotatable bonds is 3. The van der Waals surface area contributed by atoms with Crippen LogP contribution in [0.15, 0.2) is 33.2 Å². The Balaban J connectivity index is 1.88. The van der Waals surface area contributed by atoms with Gasteiger partial charge in [-0.25, -0.2) is 0 Å². The van der Waals surface area contributed by atoms with Gasteiger partial charge in [-0.05, 0) is 25.2 Å². The summed E-state index contributed by atoms with van der Waals surface area (Å²) >= 11 is 1.66. The molecule has 0 aliphatic carbocycles. The first-order chi connectivity index (χ1) is 8.29. The zero-order chi connectivity index (χ0) is 12.1. The smallest absolute Gasteiger partial charge is 0.105 e. The molecule has 0 bridgehead atoms. The van der Waals surface area contributed by atoms with Crippen molar-refractivity contribution >= 4 is 23.5 Å². The van der Waals surface area contributed by atoms with E-state index in [2.05, 4.69) is 33.5 Å². The first-order valence-corrected chi connectivity index (χ1v) is 6.62. The topological polar surface area (TPSA) is 31.2 Å². The van der Waals surface area contributed by atoms with Crippen LogP contribution in [-0.4, -0.2) is 61.5 Å². The van der Waals surface area contributed by atoms with Crippen LogP contribution in [0.5, 0.6) is 0 Å². The van der Waals surface area contributed by atoms with Crippen molar-refractivity contribution in [2.24, 2.45) is 9.98 Å². The van der Waals surface area contributed by atoms with Crippen LogP contribution in [0.25, 0.3) is 0 Å². The first-order valence-electron chi connectivity index (χ1n) is 5.74. The van der Waals surface area contributed by atoms with Gasteiger partial charge in [0.1, 0.15) is 5.04 Å². The summed E-state index contributed by atoms with van der Waals surface area (Å²) in [5.41, 5.74) is 1.07. The van der Waals surface area contributed by atoms with Crippen molar-refractivity contribution in [3.05, 3.63) is 23.3 Å². The molecule has 0 aromatic carbocycles. The van der Waals surface area contributed by atoms with Gasteiger partial charge in [-0.3, -0.25) is 14.9 Å². The molecule has 17 heavy (non-hydrogen) atoms. The number of allylic oxidation sites excluding steroid dienone is 1. The molecule has 0 radical (unpaired) electrons. The second-order valence-corrected chi connectivity index (χ2v) is 5.11. The summed E-state index contributed by atoms with van der Waals surface area (Å²) in [7, 11) is 2.16. The van der Waals surface area contributed by atoms with Gasteiger partial charge in [-0.2, -0.15) is 0 Å². The minimum Gasteiger partial charge on any atom is -0.304 e. The number of likely N-dealkylation sites (N-methyl/N-ethyl adjacent to an activating group) is 1. The molecule has 0 unspecified atom stereocenters. The highest BCUT2D eigenvalue weighted by Gasteiger charge is 2.14. The third-order valence-corrected chi connectivity index (χ3v) is 3.78. The van der Waals surface area contributed by atoms with Crippen LogP contribution in [0.4, 0.5) is 0 Å². The predicted octanol–water partition coefficient (Wildman–Crippen LogP) is 1.43. The first kappa shape index (κ1) is 12.5. The number of hydrogen-bond donors (Lipinski definition) is 0. The molecule has 1 fully saturated rings. The lowest BCUT2D eigenvalue weighted by Gasteiger charge is -2.31. The highest BCUT2D eigenvalue weighted by molar-refractivity contribution is 8.17. The van der Waals surface area contributed by atoms with Gasteiger partial charge < -0.3 is 4.90 Å². The van der Waals surface area contributed by atoms with Crippen LogP contribution < -0.4 is 0 Å². The summed E-state index contributed by atoms with van der Waals surface area (Å²) in [5.74, 6) is 0. The zero-order valence-corrected chi connectivity index (χ0v) is 11.0. The van der Waals surface area contributed by atoms with E-state index in [0.717, 1.165) is 43.5 Å². The molecule has 0 aromatic heterocycles. The van der Waals surface area contributed by atoms with Crippen molar-refractivity contribution in [3.63, 3.8) is 0 Å². The quantitative estimate of drug-likeness (QED) is 0.710. The molecule has 2 aliphatic heterocycles. The highest BCUT2D eigenvalue weighted by Crippen LogP contribution is 2.23. The molecule has 5 heteroatoms. The van der Waals surface area contributed by atoms with Gasteiger partial charge in [0.25, 0.3) is 0 Å². The van der Waals surface area contributed by atoms with Gasteiger partial charge in [-0.1, -0.05) is 11.8 Å². The molecule has 2 rings (SSSR count). The molecule has 0 saturated carbocycles. The maximum absolute atomic E-state index is 4.64. The Morgan fingerprint density at radius 2 is 2.18 bits per heavy atom. The molecule has 1 saturated heterocycles. The average Bonchev–Trinajstić information content (AvgIpc) is 2.77. The van der Waals surface area contributed by atoms with Crippen LogP contribution in [0.3, 0.4) is 0 Å². The van der Waals surface area contributed by atoms with E-state index in [9.17, 15) is 0 Å². The molecule has 0 aromatic rings. The average molecular weight is 250 g/mol. The summed E-state index contributed by atoms with van der Waals surface area (Å²) in [6.07, 6.45) is 3.79. The lowest BCUT2D eigenvalue weighted by atomic mass is 10.3. The van der Waals surface area contributed by atoms with Gasteiger partial charge in [-0.15, -0.1) is 0 Å². The van der Waals surface area contributed by atoms with Gasteiger partial charge in [0, 0.05) is 38.0 Å². The fraction of sp³-hybridized carbons (Fsp3) is 0.500. The molecule has 0 spiro atoms. The van der Waals surface area contributed by atoms with E-state index in [1.807, 2.05) is 11.5 Å². The largest absolute Gasteiger partial charge is 0.304 e. The van der Waals surface area contributed by atoms with Gasteiger partial charge >= 0.3 is 0 Å². The molecule has 2 heterocycles. The van der Waals surface area contributed by atoms with E-state index >= 15 is 0 Å². The molecule has 0 amide bonds. The third-order valence-electron chi connectivity index (χ3n) is 2.91. The zero-order valence-electron chi connectivity index (χ0n) is 10.2. The fourth-order valence-corrected chi connectivity index (χ4v) is 2.52. The maximum Gasteiger partial charge on any atom is 0.105 e. The minimum atomic E-state index is 0.784. The van der Waals surface area contributed by atoms with Crippen LogP contribution in [0.1, 0.15) is 0 Å². The van der Waals surface area contributed by atoms with Gasteiger partial charge in [0.15, 0.2) is 0 Å². The second kappa shape index (κ2) is 6.14. The Bertz CT molecular complexity index is 365. The van der Waals surface area contributed by atoms with Crippen molar-refractivity contribution in [3.8, 4) is 0 Å². The molecule has 2 aliphatic rings. The maximum atomic E-state index is 4.64. The van der Waals surface area contributed by atoms with Crippen LogP contribution in [0.2, 0.25) is 0 Å². The normalized spacial score (nSPS) is 27.1. The van der Waals surface area contributed by atoms with Gasteiger partial charge in [0.05, 0.1) is 6.67 Å². The molecule has 0 N–H and O–H groups in total. The highest BCUT2D eigenvalue weighted by atomic mass is 32.2. The fourth-order valence-electron chi connectivity index (χ4n) is 1.79. The van der Waals surface area contributed by atoms with Crippen molar-refractivity contribution in [2.45, 2.75) is 0 Å². The van der Waals surface area contributed by atoms with E-state index < -0.39 is 0 Å². The third kappa shape index (κ3) is 3.52. The molecule has 0 atom stereocenters. The standard InChI is InChI=1S/C12H18N4S/c1-13-9-11-3-8-17-12(11)14-10-16-6-4-15(2)5-7-16/h3,8-9H,1,4-7,10H2,2H3/b11-9-,14-12+. The van der Waals surface area contributed by atoms with Crippen molar-refractivity contribution in [1.82, 2.24) is 9.80 Å². The van der Waals surface area contributed by atoms with Crippen molar-refractivity contribution in [2.75, 3.05) is 39.9 Å².